The number of hydrogen-bond acceptors (Lipinski definition) is 4. The maximum atomic E-state index is 5.79. The van der Waals surface area contributed by atoms with Crippen molar-refractivity contribution in [1.82, 2.24) is 5.48 Å². The van der Waals surface area contributed by atoms with Crippen LogP contribution in [0.3, 0.4) is 0 Å². The van der Waals surface area contributed by atoms with Crippen molar-refractivity contribution >= 4 is 0 Å². The molecule has 1 aliphatic rings. The Kier molecular flexibility index (Phi) is 3.31. The highest BCUT2D eigenvalue weighted by Gasteiger charge is 2.33. The van der Waals surface area contributed by atoms with Gasteiger partial charge in [-0.15, -0.1) is 0 Å². The zero-order valence-electron chi connectivity index (χ0n) is 9.82. The van der Waals surface area contributed by atoms with Crippen molar-refractivity contribution in [3.63, 3.8) is 0 Å². The molecule has 1 aromatic carbocycles. The van der Waals surface area contributed by atoms with Gasteiger partial charge in [0.2, 0.25) is 0 Å². The summed E-state index contributed by atoms with van der Waals surface area (Å²) in [7, 11) is 1.61. The summed E-state index contributed by atoms with van der Waals surface area (Å²) in [5, 5.41) is 0. The van der Waals surface area contributed by atoms with Crippen LogP contribution in [0.4, 0.5) is 0 Å². The van der Waals surface area contributed by atoms with Gasteiger partial charge in [-0.25, -0.2) is 0 Å². The van der Waals surface area contributed by atoms with Crippen LogP contribution in [0.15, 0.2) is 18.2 Å². The third-order valence-electron chi connectivity index (χ3n) is 2.66. The number of benzene rings is 1. The van der Waals surface area contributed by atoms with E-state index in [4.69, 9.17) is 14.3 Å². The summed E-state index contributed by atoms with van der Waals surface area (Å²) in [4.78, 5) is 4.98. The Morgan fingerprint density at radius 1 is 1.44 bits per heavy atom. The Bertz CT molecular complexity index is 367. The third kappa shape index (κ3) is 1.86. The van der Waals surface area contributed by atoms with Crippen molar-refractivity contribution in [2.24, 2.45) is 0 Å². The van der Waals surface area contributed by atoms with Crippen molar-refractivity contribution in [3.8, 4) is 11.5 Å². The fraction of sp³-hybridized carbons (Fsp3) is 0.500. The lowest BCUT2D eigenvalue weighted by molar-refractivity contribution is 0.0336. The Balaban J connectivity index is 2.32. The van der Waals surface area contributed by atoms with E-state index in [0.717, 1.165) is 17.1 Å². The van der Waals surface area contributed by atoms with E-state index < -0.39 is 0 Å². The van der Waals surface area contributed by atoms with E-state index in [9.17, 15) is 0 Å². The molecule has 1 heterocycles. The molecule has 0 amide bonds. The molecule has 1 N–H and O–H groups in total. The van der Waals surface area contributed by atoms with Crippen LogP contribution in [0.5, 0.6) is 11.5 Å². The van der Waals surface area contributed by atoms with Gasteiger partial charge in [-0.05, 0) is 19.9 Å². The first-order valence-electron chi connectivity index (χ1n) is 5.48. The number of ether oxygens (including phenoxy) is 2. The average molecular weight is 223 g/mol. The molecule has 0 fully saturated rings. The summed E-state index contributed by atoms with van der Waals surface area (Å²) in [5.74, 6) is 1.62. The van der Waals surface area contributed by atoms with Crippen LogP contribution in [-0.4, -0.2) is 19.8 Å². The number of para-hydroxylation sites is 1. The van der Waals surface area contributed by atoms with Gasteiger partial charge in [0.1, 0.15) is 6.10 Å². The number of hydroxylamine groups is 1. The van der Waals surface area contributed by atoms with Gasteiger partial charge < -0.3 is 14.3 Å². The lowest BCUT2D eigenvalue weighted by atomic mass is 10.1. The van der Waals surface area contributed by atoms with Crippen molar-refractivity contribution in [2.45, 2.75) is 26.0 Å². The molecular weight excluding hydrogens is 206 g/mol. The Hall–Kier alpha value is -1.26. The first-order valence-corrected chi connectivity index (χ1v) is 5.48. The van der Waals surface area contributed by atoms with Crippen LogP contribution >= 0.6 is 0 Å². The van der Waals surface area contributed by atoms with E-state index >= 15 is 0 Å². The molecule has 2 unspecified atom stereocenters. The van der Waals surface area contributed by atoms with E-state index in [1.54, 1.807) is 7.11 Å². The molecule has 0 saturated carbocycles. The summed E-state index contributed by atoms with van der Waals surface area (Å²) < 4.78 is 11.3. The monoisotopic (exact) mass is 223 g/mol. The summed E-state index contributed by atoms with van der Waals surface area (Å²) in [6.07, 6.45) is 0.0385. The summed E-state index contributed by atoms with van der Waals surface area (Å²) in [6, 6.07) is 5.97. The van der Waals surface area contributed by atoms with Crippen LogP contribution in [-0.2, 0) is 4.84 Å². The number of fused-ring (bicyclic) bond motifs is 1. The van der Waals surface area contributed by atoms with Gasteiger partial charge >= 0.3 is 0 Å². The standard InChI is InChI=1S/C12H17NO3/c1-4-15-10-7-5-6-9-11(13-14-3)8(2)16-12(9)10/h5-8,11,13H,4H2,1-3H3. The number of hydrogen-bond donors (Lipinski definition) is 1. The molecular formula is C12H17NO3. The minimum Gasteiger partial charge on any atom is -0.490 e. The van der Waals surface area contributed by atoms with E-state index in [-0.39, 0.29) is 12.1 Å². The molecule has 0 bridgehead atoms. The van der Waals surface area contributed by atoms with Crippen molar-refractivity contribution < 1.29 is 14.3 Å². The lowest BCUT2D eigenvalue weighted by Gasteiger charge is -2.14. The maximum absolute atomic E-state index is 5.79. The second kappa shape index (κ2) is 4.72. The minimum absolute atomic E-state index is 0.0385. The third-order valence-corrected chi connectivity index (χ3v) is 2.66. The molecule has 4 nitrogen and oxygen atoms in total. The van der Waals surface area contributed by atoms with E-state index in [1.165, 1.54) is 0 Å². The highest BCUT2D eigenvalue weighted by Crippen LogP contribution is 2.42. The molecule has 4 heteroatoms. The molecule has 0 aromatic heterocycles. The fourth-order valence-corrected chi connectivity index (χ4v) is 1.97. The Morgan fingerprint density at radius 2 is 2.25 bits per heavy atom. The smallest absolute Gasteiger partial charge is 0.166 e. The van der Waals surface area contributed by atoms with Crippen LogP contribution in [0.1, 0.15) is 25.5 Å². The Morgan fingerprint density at radius 3 is 2.94 bits per heavy atom. The van der Waals surface area contributed by atoms with Gasteiger partial charge in [-0.3, -0.25) is 0 Å². The SMILES string of the molecule is CCOc1cccc2c1OC(C)C2NOC. The first kappa shape index (κ1) is 11.2. The largest absolute Gasteiger partial charge is 0.490 e. The molecule has 0 aliphatic carbocycles. The highest BCUT2D eigenvalue weighted by atomic mass is 16.6. The average Bonchev–Trinajstić information content (AvgIpc) is 2.59. The van der Waals surface area contributed by atoms with Crippen molar-refractivity contribution in [2.75, 3.05) is 13.7 Å². The van der Waals surface area contributed by atoms with Gasteiger partial charge in [0.05, 0.1) is 19.8 Å². The molecule has 2 rings (SSSR count). The summed E-state index contributed by atoms with van der Waals surface area (Å²) >= 11 is 0. The predicted octanol–water partition coefficient (Wildman–Crippen LogP) is 2.06. The van der Waals surface area contributed by atoms with E-state index in [2.05, 4.69) is 5.48 Å². The summed E-state index contributed by atoms with van der Waals surface area (Å²) in [6.45, 7) is 4.60. The lowest BCUT2D eigenvalue weighted by Crippen LogP contribution is -2.27. The van der Waals surface area contributed by atoms with Gasteiger partial charge in [0.15, 0.2) is 11.5 Å². The molecule has 16 heavy (non-hydrogen) atoms. The molecule has 0 saturated heterocycles. The van der Waals surface area contributed by atoms with Crippen LogP contribution < -0.4 is 15.0 Å². The molecule has 0 radical (unpaired) electrons. The first-order chi connectivity index (χ1) is 7.77. The minimum atomic E-state index is 0.0385. The van der Waals surface area contributed by atoms with Gasteiger partial charge in [-0.2, -0.15) is 5.48 Å². The normalized spacial score (nSPS) is 22.7. The molecule has 1 aliphatic heterocycles. The van der Waals surface area contributed by atoms with Crippen LogP contribution in [0.25, 0.3) is 0 Å². The molecule has 2 atom stereocenters. The van der Waals surface area contributed by atoms with E-state index in [0.29, 0.717) is 6.61 Å². The second-order valence-corrected chi connectivity index (χ2v) is 3.73. The topological polar surface area (TPSA) is 39.7 Å². The molecule has 88 valence electrons. The number of nitrogens with one attached hydrogen (secondary N) is 1. The van der Waals surface area contributed by atoms with Crippen molar-refractivity contribution in [3.05, 3.63) is 23.8 Å². The van der Waals surface area contributed by atoms with E-state index in [1.807, 2.05) is 32.0 Å². The van der Waals surface area contributed by atoms with Gasteiger partial charge in [0.25, 0.3) is 0 Å². The highest BCUT2D eigenvalue weighted by molar-refractivity contribution is 5.51. The van der Waals surface area contributed by atoms with Crippen LogP contribution in [0.2, 0.25) is 0 Å². The molecule has 1 aromatic rings. The number of rotatable bonds is 4. The van der Waals surface area contributed by atoms with Gasteiger partial charge in [-0.1, -0.05) is 12.1 Å². The summed E-state index contributed by atoms with van der Waals surface area (Å²) in [5.41, 5.74) is 4.02. The quantitative estimate of drug-likeness (QED) is 0.793. The zero-order chi connectivity index (χ0) is 11.5. The zero-order valence-corrected chi connectivity index (χ0v) is 9.82. The second-order valence-electron chi connectivity index (χ2n) is 3.73. The van der Waals surface area contributed by atoms with Gasteiger partial charge in [0, 0.05) is 5.56 Å². The Labute approximate surface area is 95.5 Å². The fourth-order valence-electron chi connectivity index (χ4n) is 1.97. The van der Waals surface area contributed by atoms with Crippen LogP contribution in [0, 0.1) is 0 Å². The predicted molar refractivity (Wildman–Crippen MR) is 60.6 cm³/mol. The maximum Gasteiger partial charge on any atom is 0.166 e. The molecule has 0 spiro atoms. The van der Waals surface area contributed by atoms with Crippen molar-refractivity contribution in [1.29, 1.82) is 0 Å².